The minimum absolute atomic E-state index is 0.507. The minimum atomic E-state index is 0.507. The smallest absolute Gasteiger partial charge is 0.253 e. The van der Waals surface area contributed by atoms with Crippen molar-refractivity contribution in [3.8, 4) is 22.9 Å². The first-order valence-corrected chi connectivity index (χ1v) is 4.62. The molecule has 2 aromatic carbocycles. The summed E-state index contributed by atoms with van der Waals surface area (Å²) in [6, 6.07) is 16.8. The molecule has 0 bridgehead atoms. The van der Waals surface area contributed by atoms with Crippen LogP contribution in [0.1, 0.15) is 5.56 Å². The molecule has 2 aromatic rings. The monoisotopic (exact) mass is 196 g/mol. The first-order chi connectivity index (χ1) is 7.29. The van der Waals surface area contributed by atoms with Crippen LogP contribution in [0.25, 0.3) is 11.1 Å². The van der Waals surface area contributed by atoms with Gasteiger partial charge in [0.25, 0.3) is 5.75 Å². The maximum absolute atomic E-state index is 8.66. The molecule has 0 saturated carbocycles. The molecule has 2 nitrogen and oxygen atoms in total. The molecule has 0 aromatic heterocycles. The Hall–Kier alpha value is -2.27. The molecule has 2 rings (SSSR count). The van der Waals surface area contributed by atoms with Gasteiger partial charge in [-0.25, -0.2) is 0 Å². The van der Waals surface area contributed by atoms with E-state index in [4.69, 9.17) is 10.4 Å². The molecule has 0 amide bonds. The quantitative estimate of drug-likeness (QED) is 0.647. The van der Waals surface area contributed by atoms with Crippen molar-refractivity contribution in [2.24, 2.45) is 0 Å². The Balaban J connectivity index is 2.38. The molecule has 0 aliphatic carbocycles. The summed E-state index contributed by atoms with van der Waals surface area (Å²) in [5.74, 6) is 0.507. The Morgan fingerprint density at radius 3 is 1.73 bits per heavy atom. The van der Waals surface area contributed by atoms with Crippen molar-refractivity contribution in [2.75, 3.05) is 0 Å². The molecule has 0 radical (unpaired) electrons. The lowest BCUT2D eigenvalue weighted by Crippen LogP contribution is -1.78. The number of benzene rings is 2. The number of hydrogen-bond acceptors (Lipinski definition) is 1. The van der Waals surface area contributed by atoms with E-state index in [1.54, 1.807) is 24.3 Å². The summed E-state index contributed by atoms with van der Waals surface area (Å²) in [6.45, 7) is 0. The van der Waals surface area contributed by atoms with E-state index in [0.29, 0.717) is 11.3 Å². The predicted octanol–water partition coefficient (Wildman–Crippen LogP) is 2.66. The largest absolute Gasteiger partial charge is 0.593 e. The van der Waals surface area contributed by atoms with Crippen molar-refractivity contribution in [1.82, 2.24) is 0 Å². The third kappa shape index (κ3) is 1.97. The van der Waals surface area contributed by atoms with Crippen LogP contribution < -0.4 is 0 Å². The van der Waals surface area contributed by atoms with Crippen molar-refractivity contribution in [2.45, 2.75) is 0 Å². The van der Waals surface area contributed by atoms with Crippen molar-refractivity contribution in [1.29, 1.82) is 5.26 Å². The van der Waals surface area contributed by atoms with Crippen LogP contribution in [0.2, 0.25) is 0 Å². The van der Waals surface area contributed by atoms with E-state index in [1.807, 2.05) is 24.3 Å². The van der Waals surface area contributed by atoms with Crippen LogP contribution in [0.4, 0.5) is 0 Å². The van der Waals surface area contributed by atoms with Crippen molar-refractivity contribution in [3.05, 3.63) is 54.1 Å². The molecule has 0 unspecified atom stereocenters. The van der Waals surface area contributed by atoms with Crippen molar-refractivity contribution in [3.63, 3.8) is 0 Å². The van der Waals surface area contributed by atoms with Gasteiger partial charge in [0.15, 0.2) is 0 Å². The SMILES string of the molecule is N#Cc1ccc(-c2ccc([OH2+])cc2)cc1. The minimum Gasteiger partial charge on any atom is -0.593 e. The lowest BCUT2D eigenvalue weighted by Gasteiger charge is -2.00. The fraction of sp³-hybridized carbons (Fsp3) is 0. The summed E-state index contributed by atoms with van der Waals surface area (Å²) in [7, 11) is 0. The van der Waals surface area contributed by atoms with Gasteiger partial charge in [0, 0.05) is 12.1 Å². The van der Waals surface area contributed by atoms with Crippen molar-refractivity contribution >= 4 is 0 Å². The van der Waals surface area contributed by atoms with E-state index in [0.717, 1.165) is 11.1 Å². The van der Waals surface area contributed by atoms with E-state index in [2.05, 4.69) is 6.07 Å². The summed E-state index contributed by atoms with van der Waals surface area (Å²) in [5, 5.41) is 16.0. The van der Waals surface area contributed by atoms with E-state index in [-0.39, 0.29) is 0 Å². The highest BCUT2D eigenvalue weighted by molar-refractivity contribution is 5.64. The molecule has 0 aliphatic heterocycles. The standard InChI is InChI=1S/C13H9NO/c14-9-10-1-3-11(4-2-10)12-5-7-13(15)8-6-12/h1-8,15H/p+1. The molecular weight excluding hydrogens is 186 g/mol. The lowest BCUT2D eigenvalue weighted by molar-refractivity contribution is 0.475. The topological polar surface area (TPSA) is 46.7 Å². The van der Waals surface area contributed by atoms with E-state index in [1.165, 1.54) is 0 Å². The maximum Gasteiger partial charge on any atom is 0.253 e. The van der Waals surface area contributed by atoms with Crippen molar-refractivity contribution < 1.29 is 5.11 Å². The first-order valence-electron chi connectivity index (χ1n) is 4.62. The zero-order valence-electron chi connectivity index (χ0n) is 8.07. The molecule has 0 heterocycles. The highest BCUT2D eigenvalue weighted by Crippen LogP contribution is 2.21. The predicted molar refractivity (Wildman–Crippen MR) is 59.7 cm³/mol. The molecule has 0 aliphatic rings. The average molecular weight is 196 g/mol. The highest BCUT2D eigenvalue weighted by atomic mass is 16.3. The first kappa shape index (κ1) is 9.29. The van der Waals surface area contributed by atoms with Gasteiger partial charge in [-0.05, 0) is 35.4 Å². The van der Waals surface area contributed by atoms with Gasteiger partial charge in [0.05, 0.1) is 11.6 Å². The Morgan fingerprint density at radius 1 is 0.800 bits per heavy atom. The third-order valence-corrected chi connectivity index (χ3v) is 2.23. The van der Waals surface area contributed by atoms with Crippen LogP contribution in [0, 0.1) is 11.3 Å². The summed E-state index contributed by atoms with van der Waals surface area (Å²) >= 11 is 0. The van der Waals surface area contributed by atoms with Crippen LogP contribution >= 0.6 is 0 Å². The summed E-state index contributed by atoms with van der Waals surface area (Å²) in [4.78, 5) is 0. The second-order valence-electron chi connectivity index (χ2n) is 3.27. The van der Waals surface area contributed by atoms with Crippen LogP contribution in [-0.4, -0.2) is 5.11 Å². The summed E-state index contributed by atoms with van der Waals surface area (Å²) in [5.41, 5.74) is 2.79. The fourth-order valence-electron chi connectivity index (χ4n) is 1.40. The molecule has 2 N–H and O–H groups in total. The Morgan fingerprint density at radius 2 is 1.27 bits per heavy atom. The van der Waals surface area contributed by atoms with Gasteiger partial charge in [-0.2, -0.15) is 5.26 Å². The van der Waals surface area contributed by atoms with Crippen LogP contribution in [0.15, 0.2) is 48.5 Å². The van der Waals surface area contributed by atoms with Crippen LogP contribution in [0.3, 0.4) is 0 Å². The Bertz CT molecular complexity index is 492. The zero-order valence-corrected chi connectivity index (χ0v) is 8.07. The normalized spacial score (nSPS) is 9.53. The van der Waals surface area contributed by atoms with Gasteiger partial charge in [-0.1, -0.05) is 12.1 Å². The highest BCUT2D eigenvalue weighted by Gasteiger charge is 1.98. The number of nitrogens with zero attached hydrogens (tertiary/aromatic N) is 1. The second kappa shape index (κ2) is 3.85. The van der Waals surface area contributed by atoms with Gasteiger partial charge in [0.2, 0.25) is 0 Å². The molecule has 0 fully saturated rings. The molecular formula is C13H10NO+. The van der Waals surface area contributed by atoms with E-state index in [9.17, 15) is 0 Å². The van der Waals surface area contributed by atoms with Gasteiger partial charge in [-0.3, -0.25) is 0 Å². The average Bonchev–Trinajstić information content (AvgIpc) is 2.30. The lowest BCUT2D eigenvalue weighted by atomic mass is 10.0. The third-order valence-electron chi connectivity index (χ3n) is 2.23. The summed E-state index contributed by atoms with van der Waals surface area (Å²) in [6.07, 6.45) is 0. The fourth-order valence-corrected chi connectivity index (χ4v) is 1.40. The van der Waals surface area contributed by atoms with Gasteiger partial charge in [-0.15, -0.1) is 0 Å². The van der Waals surface area contributed by atoms with Crippen LogP contribution in [0.5, 0.6) is 5.75 Å². The molecule has 0 spiro atoms. The Labute approximate surface area is 88.0 Å². The molecule has 15 heavy (non-hydrogen) atoms. The van der Waals surface area contributed by atoms with E-state index >= 15 is 0 Å². The molecule has 0 saturated heterocycles. The van der Waals surface area contributed by atoms with Gasteiger partial charge in [0.1, 0.15) is 0 Å². The maximum atomic E-state index is 8.66. The summed E-state index contributed by atoms with van der Waals surface area (Å²) < 4.78 is 0. The zero-order chi connectivity index (χ0) is 10.7. The molecule has 0 atom stereocenters. The second-order valence-corrected chi connectivity index (χ2v) is 3.27. The van der Waals surface area contributed by atoms with Gasteiger partial charge < -0.3 is 5.11 Å². The number of hydrogen-bond donors (Lipinski definition) is 0. The van der Waals surface area contributed by atoms with Crippen LogP contribution in [-0.2, 0) is 0 Å². The van der Waals surface area contributed by atoms with Gasteiger partial charge >= 0.3 is 0 Å². The number of rotatable bonds is 1. The Kier molecular flexibility index (Phi) is 2.38. The number of nitriles is 1. The molecule has 72 valence electrons. The molecule has 2 heteroatoms. The van der Waals surface area contributed by atoms with E-state index < -0.39 is 0 Å².